The fourth-order valence-electron chi connectivity index (χ4n) is 3.09. The zero-order chi connectivity index (χ0) is 15.0. The molecule has 3 rings (SSSR count). The summed E-state index contributed by atoms with van der Waals surface area (Å²) in [6.45, 7) is 1.70. The van der Waals surface area contributed by atoms with Crippen molar-refractivity contribution in [1.29, 1.82) is 0 Å². The predicted molar refractivity (Wildman–Crippen MR) is 75.4 cm³/mol. The third kappa shape index (κ3) is 2.70. The van der Waals surface area contributed by atoms with Crippen molar-refractivity contribution < 1.29 is 14.7 Å². The number of fused-ring (bicyclic) bond motifs is 1. The normalized spacial score (nSPS) is 22.1. The summed E-state index contributed by atoms with van der Waals surface area (Å²) in [5, 5.41) is 9.39. The van der Waals surface area contributed by atoms with Crippen LogP contribution in [0.1, 0.15) is 24.0 Å². The lowest BCUT2D eigenvalue weighted by molar-refractivity contribution is -0.142. The van der Waals surface area contributed by atoms with Crippen molar-refractivity contribution in [2.75, 3.05) is 20.1 Å². The van der Waals surface area contributed by atoms with Crippen molar-refractivity contribution >= 4 is 11.8 Å². The van der Waals surface area contributed by atoms with Crippen LogP contribution in [0.3, 0.4) is 0 Å². The molecule has 1 fully saturated rings. The monoisotopic (exact) mass is 289 g/mol. The van der Waals surface area contributed by atoms with E-state index in [0.717, 1.165) is 17.5 Å². The molecule has 112 valence electrons. The molecule has 3 heterocycles. The SMILES string of the molecule is CN1CC(C(=O)N2CCc3cc(O)ncc3C2)CCC1=O. The number of pyridine rings is 1. The molecule has 1 atom stereocenters. The summed E-state index contributed by atoms with van der Waals surface area (Å²) < 4.78 is 0. The Balaban J connectivity index is 1.69. The van der Waals surface area contributed by atoms with E-state index in [4.69, 9.17) is 0 Å². The van der Waals surface area contributed by atoms with Gasteiger partial charge in [-0.2, -0.15) is 0 Å². The Labute approximate surface area is 123 Å². The Morgan fingerprint density at radius 3 is 2.95 bits per heavy atom. The molecule has 2 amide bonds. The van der Waals surface area contributed by atoms with Crippen LogP contribution < -0.4 is 0 Å². The van der Waals surface area contributed by atoms with E-state index in [9.17, 15) is 14.7 Å². The third-order valence-corrected chi connectivity index (χ3v) is 4.37. The number of hydrogen-bond donors (Lipinski definition) is 1. The van der Waals surface area contributed by atoms with Crippen LogP contribution in [0.2, 0.25) is 0 Å². The highest BCUT2D eigenvalue weighted by molar-refractivity contribution is 5.84. The fraction of sp³-hybridized carbons (Fsp3) is 0.533. The first-order valence-corrected chi connectivity index (χ1v) is 7.24. The Hall–Kier alpha value is -2.11. The van der Waals surface area contributed by atoms with Crippen molar-refractivity contribution in [2.24, 2.45) is 5.92 Å². The average molecular weight is 289 g/mol. The number of aromatic nitrogens is 1. The molecule has 2 aliphatic rings. The van der Waals surface area contributed by atoms with Gasteiger partial charge >= 0.3 is 0 Å². The number of hydrogen-bond acceptors (Lipinski definition) is 4. The van der Waals surface area contributed by atoms with Gasteiger partial charge in [0.1, 0.15) is 0 Å². The number of piperidine rings is 1. The third-order valence-electron chi connectivity index (χ3n) is 4.37. The zero-order valence-corrected chi connectivity index (χ0v) is 12.1. The van der Waals surface area contributed by atoms with Gasteiger partial charge in [-0.3, -0.25) is 9.59 Å². The van der Waals surface area contributed by atoms with Crippen LogP contribution in [0.4, 0.5) is 0 Å². The minimum absolute atomic E-state index is 0.0287. The maximum absolute atomic E-state index is 12.6. The number of likely N-dealkylation sites (tertiary alicyclic amines) is 1. The Bertz CT molecular complexity index is 588. The highest BCUT2D eigenvalue weighted by Crippen LogP contribution is 2.25. The first-order valence-electron chi connectivity index (χ1n) is 7.24. The molecule has 2 aliphatic heterocycles. The Morgan fingerprint density at radius 2 is 2.19 bits per heavy atom. The molecule has 1 aromatic heterocycles. The zero-order valence-electron chi connectivity index (χ0n) is 12.1. The minimum Gasteiger partial charge on any atom is -0.493 e. The van der Waals surface area contributed by atoms with Gasteiger partial charge in [-0.05, 0) is 24.0 Å². The topological polar surface area (TPSA) is 73.7 Å². The fourth-order valence-corrected chi connectivity index (χ4v) is 3.09. The second-order valence-corrected chi connectivity index (χ2v) is 5.83. The molecule has 0 bridgehead atoms. The van der Waals surface area contributed by atoms with E-state index < -0.39 is 0 Å². The smallest absolute Gasteiger partial charge is 0.227 e. The van der Waals surface area contributed by atoms with Gasteiger partial charge in [0.2, 0.25) is 17.7 Å². The van der Waals surface area contributed by atoms with Gasteiger partial charge in [-0.15, -0.1) is 0 Å². The molecule has 6 heteroatoms. The summed E-state index contributed by atoms with van der Waals surface area (Å²) in [4.78, 5) is 31.5. The highest BCUT2D eigenvalue weighted by Gasteiger charge is 2.32. The summed E-state index contributed by atoms with van der Waals surface area (Å²) in [5.41, 5.74) is 2.05. The number of amides is 2. The second kappa shape index (κ2) is 5.35. The van der Waals surface area contributed by atoms with Crippen molar-refractivity contribution in [3.05, 3.63) is 23.4 Å². The van der Waals surface area contributed by atoms with Crippen LogP contribution in [-0.2, 0) is 22.6 Å². The summed E-state index contributed by atoms with van der Waals surface area (Å²) in [7, 11) is 1.75. The molecule has 0 saturated carbocycles. The van der Waals surface area contributed by atoms with E-state index in [0.29, 0.717) is 32.5 Å². The molecule has 1 saturated heterocycles. The standard InChI is InChI=1S/C15H19N3O3/c1-17-8-11(2-3-14(17)20)15(21)18-5-4-10-6-13(19)16-7-12(10)9-18/h6-7,11H,2-5,8-9H2,1H3,(H,16,19). The highest BCUT2D eigenvalue weighted by atomic mass is 16.3. The maximum atomic E-state index is 12.6. The van der Waals surface area contributed by atoms with Crippen molar-refractivity contribution in [3.63, 3.8) is 0 Å². The average Bonchev–Trinajstić information content (AvgIpc) is 2.49. The van der Waals surface area contributed by atoms with Crippen LogP contribution in [-0.4, -0.2) is 51.8 Å². The van der Waals surface area contributed by atoms with Crippen LogP contribution in [0.15, 0.2) is 12.3 Å². The number of carbonyl (C=O) groups is 2. The lowest BCUT2D eigenvalue weighted by atomic mass is 9.94. The lowest BCUT2D eigenvalue weighted by Crippen LogP contribution is -2.46. The second-order valence-electron chi connectivity index (χ2n) is 5.83. The van der Waals surface area contributed by atoms with Gasteiger partial charge in [0.25, 0.3) is 0 Å². The Morgan fingerprint density at radius 1 is 1.38 bits per heavy atom. The minimum atomic E-state index is -0.0978. The van der Waals surface area contributed by atoms with Gasteiger partial charge < -0.3 is 14.9 Å². The number of aromatic hydroxyl groups is 1. The number of nitrogens with zero attached hydrogens (tertiary/aromatic N) is 3. The van der Waals surface area contributed by atoms with E-state index in [1.165, 1.54) is 0 Å². The lowest BCUT2D eigenvalue weighted by Gasteiger charge is -2.35. The predicted octanol–water partition coefficient (Wildman–Crippen LogP) is 0.540. The molecule has 0 aromatic carbocycles. The number of rotatable bonds is 1. The summed E-state index contributed by atoms with van der Waals surface area (Å²) in [5.74, 6) is 0.163. The van der Waals surface area contributed by atoms with E-state index in [-0.39, 0.29) is 23.6 Å². The molecule has 1 aromatic rings. The maximum Gasteiger partial charge on any atom is 0.227 e. The van der Waals surface area contributed by atoms with Crippen LogP contribution in [0.25, 0.3) is 0 Å². The van der Waals surface area contributed by atoms with Crippen LogP contribution in [0.5, 0.6) is 5.88 Å². The number of carbonyl (C=O) groups excluding carboxylic acids is 2. The summed E-state index contributed by atoms with van der Waals surface area (Å²) >= 11 is 0. The van der Waals surface area contributed by atoms with Gasteiger partial charge in [-0.25, -0.2) is 4.98 Å². The first kappa shape index (κ1) is 13.9. The first-order chi connectivity index (χ1) is 10.0. The molecule has 6 nitrogen and oxygen atoms in total. The van der Waals surface area contributed by atoms with E-state index in [2.05, 4.69) is 4.98 Å². The van der Waals surface area contributed by atoms with E-state index >= 15 is 0 Å². The van der Waals surface area contributed by atoms with Crippen molar-refractivity contribution in [1.82, 2.24) is 14.8 Å². The summed E-state index contributed by atoms with van der Waals surface area (Å²) in [6.07, 6.45) is 3.46. The van der Waals surface area contributed by atoms with Gasteiger partial charge in [-0.1, -0.05) is 0 Å². The molecule has 0 spiro atoms. The van der Waals surface area contributed by atoms with Crippen LogP contribution in [0, 0.1) is 5.92 Å². The molecule has 1 unspecified atom stereocenters. The van der Waals surface area contributed by atoms with E-state index in [1.54, 1.807) is 24.2 Å². The molecule has 0 aliphatic carbocycles. The molecule has 21 heavy (non-hydrogen) atoms. The largest absolute Gasteiger partial charge is 0.493 e. The van der Waals surface area contributed by atoms with E-state index in [1.807, 2.05) is 4.90 Å². The summed E-state index contributed by atoms with van der Waals surface area (Å²) in [6, 6.07) is 1.67. The molecular formula is C15H19N3O3. The van der Waals surface area contributed by atoms with Gasteiger partial charge in [0, 0.05) is 45.4 Å². The molecular weight excluding hydrogens is 270 g/mol. The van der Waals surface area contributed by atoms with Crippen molar-refractivity contribution in [2.45, 2.75) is 25.8 Å². The quantitative estimate of drug-likeness (QED) is 0.819. The van der Waals surface area contributed by atoms with Gasteiger partial charge in [0.15, 0.2) is 0 Å². The van der Waals surface area contributed by atoms with Gasteiger partial charge in [0.05, 0.1) is 5.92 Å². The Kier molecular flexibility index (Phi) is 3.53. The molecule has 0 radical (unpaired) electrons. The van der Waals surface area contributed by atoms with Crippen LogP contribution >= 0.6 is 0 Å². The molecule has 1 N–H and O–H groups in total. The van der Waals surface area contributed by atoms with Crippen molar-refractivity contribution in [3.8, 4) is 5.88 Å².